The molecule has 2 rings (SSSR count). The molecule has 0 bridgehead atoms. The van der Waals surface area contributed by atoms with Crippen LogP contribution in [0, 0.1) is 12.8 Å². The highest BCUT2D eigenvalue weighted by molar-refractivity contribution is 5.98. The van der Waals surface area contributed by atoms with Gasteiger partial charge in [0, 0.05) is 17.5 Å². The number of aromatic hydroxyl groups is 1. The summed E-state index contributed by atoms with van der Waals surface area (Å²) in [5.41, 5.74) is 1.09. The molecule has 0 aliphatic carbocycles. The van der Waals surface area contributed by atoms with Gasteiger partial charge in [-0.3, -0.25) is 4.79 Å². The summed E-state index contributed by atoms with van der Waals surface area (Å²) in [4.78, 5) is 23.7. The number of hydrogen-bond donors (Lipinski definition) is 3. The van der Waals surface area contributed by atoms with Crippen LogP contribution in [0.2, 0.25) is 0 Å². The number of carbonyl (C=O) groups is 2. The number of cyclic esters (lactones) is 1. The van der Waals surface area contributed by atoms with Crippen LogP contribution in [0.5, 0.6) is 11.5 Å². The molecule has 1 aromatic carbocycles. The van der Waals surface area contributed by atoms with Gasteiger partial charge in [-0.15, -0.1) is 0 Å². The van der Waals surface area contributed by atoms with Crippen LogP contribution in [-0.4, -0.2) is 53.6 Å². The summed E-state index contributed by atoms with van der Waals surface area (Å²) in [5, 5.41) is 28.6. The number of hydrogen-bond acceptors (Lipinski definition) is 8. The van der Waals surface area contributed by atoms with Gasteiger partial charge in [0.25, 0.3) is 0 Å². The molecule has 0 amide bonds. The van der Waals surface area contributed by atoms with Crippen LogP contribution in [0.1, 0.15) is 57.3 Å². The molecule has 1 aliphatic rings. The van der Waals surface area contributed by atoms with Gasteiger partial charge in [0.05, 0.1) is 17.8 Å². The SMILES string of the molecule is [2H]C([2H])([2H])Oc1c(C)c2c(c(O)c1CCC(C)CCC(=O)OCC(O)CO)C(=O)OC2. The second-order valence-electron chi connectivity index (χ2n) is 7.01. The predicted octanol–water partition coefficient (Wildman–Crippen LogP) is 1.62. The molecule has 0 spiro atoms. The van der Waals surface area contributed by atoms with E-state index in [1.807, 2.05) is 6.92 Å². The molecule has 0 saturated carbocycles. The van der Waals surface area contributed by atoms with Gasteiger partial charge in [0.2, 0.25) is 0 Å². The standard InChI is InChI=1S/C20H28O8/c1-11(5-7-16(23)27-9-13(22)8-21)4-6-14-18(24)17-15(10-28-20(17)25)12(2)19(14)26-3/h11,13,21-22,24H,4-10H2,1-3H3/i3D3. The molecule has 3 N–H and O–H groups in total. The number of phenolic OH excluding ortho intramolecular Hbond substituents is 1. The first kappa shape index (κ1) is 17.8. The van der Waals surface area contributed by atoms with E-state index in [4.69, 9.17) is 23.4 Å². The van der Waals surface area contributed by atoms with Gasteiger partial charge >= 0.3 is 11.9 Å². The van der Waals surface area contributed by atoms with Crippen molar-refractivity contribution in [3.8, 4) is 11.5 Å². The lowest BCUT2D eigenvalue weighted by Gasteiger charge is -2.18. The topological polar surface area (TPSA) is 123 Å². The van der Waals surface area contributed by atoms with Gasteiger partial charge in [-0.1, -0.05) is 6.92 Å². The van der Waals surface area contributed by atoms with Crippen molar-refractivity contribution in [1.29, 1.82) is 0 Å². The summed E-state index contributed by atoms with van der Waals surface area (Å²) in [6.07, 6.45) is 0.133. The average molecular weight is 399 g/mol. The predicted molar refractivity (Wildman–Crippen MR) is 99.3 cm³/mol. The highest BCUT2D eigenvalue weighted by Gasteiger charge is 2.32. The Labute approximate surface area is 168 Å². The van der Waals surface area contributed by atoms with Crippen LogP contribution < -0.4 is 4.74 Å². The fourth-order valence-corrected chi connectivity index (χ4v) is 3.15. The largest absolute Gasteiger partial charge is 0.507 e. The second kappa shape index (κ2) is 9.75. The zero-order valence-electron chi connectivity index (χ0n) is 19.0. The lowest BCUT2D eigenvalue weighted by molar-refractivity contribution is -0.147. The average Bonchev–Trinajstić information content (AvgIpc) is 3.09. The van der Waals surface area contributed by atoms with E-state index in [-0.39, 0.29) is 54.6 Å². The molecule has 156 valence electrons. The van der Waals surface area contributed by atoms with Crippen molar-refractivity contribution in [3.05, 3.63) is 22.3 Å². The Kier molecular flexibility index (Phi) is 6.18. The van der Waals surface area contributed by atoms with Crippen LogP contribution in [0.15, 0.2) is 0 Å². The van der Waals surface area contributed by atoms with Gasteiger partial charge < -0.3 is 29.5 Å². The maximum atomic E-state index is 12.0. The molecule has 1 aliphatic heterocycles. The minimum Gasteiger partial charge on any atom is -0.507 e. The Morgan fingerprint density at radius 3 is 2.82 bits per heavy atom. The lowest BCUT2D eigenvalue weighted by atomic mass is 9.91. The summed E-state index contributed by atoms with van der Waals surface area (Å²) < 4.78 is 37.3. The van der Waals surface area contributed by atoms with Gasteiger partial charge in [-0.25, -0.2) is 4.79 Å². The third-order valence-electron chi connectivity index (χ3n) is 4.92. The number of benzene rings is 1. The van der Waals surface area contributed by atoms with E-state index in [1.165, 1.54) is 0 Å². The Morgan fingerprint density at radius 1 is 1.39 bits per heavy atom. The summed E-state index contributed by atoms with van der Waals surface area (Å²) >= 11 is 0. The molecule has 1 heterocycles. The molecular weight excluding hydrogens is 368 g/mol. The van der Waals surface area contributed by atoms with E-state index in [0.717, 1.165) is 0 Å². The number of ether oxygens (including phenoxy) is 3. The van der Waals surface area contributed by atoms with Crippen LogP contribution in [0.3, 0.4) is 0 Å². The summed E-state index contributed by atoms with van der Waals surface area (Å²) in [5.74, 6) is -1.51. The Hall–Kier alpha value is -2.32. The highest BCUT2D eigenvalue weighted by atomic mass is 16.5. The normalized spacial score (nSPS) is 17.0. The first-order valence-corrected chi connectivity index (χ1v) is 9.12. The van der Waals surface area contributed by atoms with E-state index in [0.29, 0.717) is 24.0 Å². The number of phenols is 1. The molecule has 0 saturated heterocycles. The van der Waals surface area contributed by atoms with Gasteiger partial charge in [0.1, 0.15) is 36.4 Å². The second-order valence-corrected chi connectivity index (χ2v) is 7.01. The molecule has 8 nitrogen and oxygen atoms in total. The van der Waals surface area contributed by atoms with Crippen molar-refractivity contribution < 1.29 is 43.2 Å². The number of fused-ring (bicyclic) bond motifs is 1. The number of methoxy groups -OCH3 is 1. The minimum absolute atomic E-state index is 0.00385. The number of rotatable bonds is 10. The van der Waals surface area contributed by atoms with Crippen molar-refractivity contribution >= 4 is 11.9 Å². The highest BCUT2D eigenvalue weighted by Crippen LogP contribution is 2.42. The van der Waals surface area contributed by atoms with E-state index in [2.05, 4.69) is 0 Å². The third kappa shape index (κ3) is 4.94. The molecule has 1 aromatic rings. The van der Waals surface area contributed by atoms with Crippen LogP contribution in [0.4, 0.5) is 0 Å². The van der Waals surface area contributed by atoms with Crippen molar-refractivity contribution in [2.24, 2.45) is 5.92 Å². The summed E-state index contributed by atoms with van der Waals surface area (Å²) in [7, 11) is -2.74. The van der Waals surface area contributed by atoms with Crippen molar-refractivity contribution in [1.82, 2.24) is 0 Å². The van der Waals surface area contributed by atoms with Crippen LogP contribution >= 0.6 is 0 Å². The molecule has 28 heavy (non-hydrogen) atoms. The molecule has 0 fully saturated rings. The zero-order valence-corrected chi connectivity index (χ0v) is 16.0. The van der Waals surface area contributed by atoms with Crippen molar-refractivity contribution in [3.63, 3.8) is 0 Å². The minimum atomic E-state index is -2.74. The van der Waals surface area contributed by atoms with Crippen LogP contribution in [0.25, 0.3) is 0 Å². The van der Waals surface area contributed by atoms with Gasteiger partial charge in [-0.05, 0) is 37.7 Å². The number of aliphatic hydroxyl groups is 2. The maximum absolute atomic E-state index is 12.0. The smallest absolute Gasteiger partial charge is 0.342 e. The monoisotopic (exact) mass is 399 g/mol. The fourth-order valence-electron chi connectivity index (χ4n) is 3.15. The summed E-state index contributed by atoms with van der Waals surface area (Å²) in [6.45, 7) is 2.66. The first-order valence-electron chi connectivity index (χ1n) is 10.6. The lowest BCUT2D eigenvalue weighted by Crippen LogP contribution is -2.22. The molecule has 0 radical (unpaired) electrons. The number of esters is 2. The Bertz CT molecular complexity index is 822. The first-order chi connectivity index (χ1) is 14.4. The number of aliphatic hydroxyl groups excluding tert-OH is 2. The quantitative estimate of drug-likeness (QED) is 0.507. The van der Waals surface area contributed by atoms with Crippen LogP contribution in [-0.2, 0) is 27.3 Å². The molecule has 8 heteroatoms. The van der Waals surface area contributed by atoms with E-state index in [9.17, 15) is 19.8 Å². The summed E-state index contributed by atoms with van der Waals surface area (Å²) in [6, 6.07) is 0. The van der Waals surface area contributed by atoms with Gasteiger partial charge in [-0.2, -0.15) is 0 Å². The van der Waals surface area contributed by atoms with Gasteiger partial charge in [0.15, 0.2) is 0 Å². The fraction of sp³-hybridized carbons (Fsp3) is 0.600. The van der Waals surface area contributed by atoms with E-state index < -0.39 is 31.7 Å². The molecule has 2 atom stereocenters. The molecule has 0 aromatic heterocycles. The molecular formula is C20H28O8. The van der Waals surface area contributed by atoms with Crippen molar-refractivity contribution in [2.45, 2.75) is 52.2 Å². The number of carbonyl (C=O) groups excluding carboxylic acids is 2. The van der Waals surface area contributed by atoms with E-state index in [1.54, 1.807) is 6.92 Å². The third-order valence-corrected chi connectivity index (χ3v) is 4.92. The van der Waals surface area contributed by atoms with E-state index >= 15 is 0 Å². The zero-order chi connectivity index (χ0) is 23.3. The maximum Gasteiger partial charge on any atom is 0.342 e. The Balaban J connectivity index is 2.10. The van der Waals surface area contributed by atoms with Crippen molar-refractivity contribution in [2.75, 3.05) is 20.3 Å². The Morgan fingerprint density at radius 2 is 2.14 bits per heavy atom. The molecule has 2 unspecified atom stereocenters.